The maximum absolute atomic E-state index is 11.3. The molecule has 0 aromatic carbocycles. The first-order valence-electron chi connectivity index (χ1n) is 4.18. The normalized spacial score (nSPS) is 12.1. The summed E-state index contributed by atoms with van der Waals surface area (Å²) in [6.07, 6.45) is 0. The van der Waals surface area contributed by atoms with Crippen LogP contribution < -0.4 is 5.73 Å². The molecule has 76 valence electrons. The molecular weight excluding hydrogens is 295 g/mol. The van der Waals surface area contributed by atoms with Crippen molar-refractivity contribution >= 4 is 34.4 Å². The standard InChI is InChI=1S/C9H11IN2O2/c1-2-14-9(13)8(10)6-4-3-5-7(11)12-6/h3-5,8H,2H2,1H3,(H2,11,12). The van der Waals surface area contributed by atoms with E-state index in [9.17, 15) is 4.79 Å². The van der Waals surface area contributed by atoms with Gasteiger partial charge >= 0.3 is 5.97 Å². The molecule has 14 heavy (non-hydrogen) atoms. The van der Waals surface area contributed by atoms with Crippen molar-refractivity contribution in [2.75, 3.05) is 12.3 Å². The summed E-state index contributed by atoms with van der Waals surface area (Å²) in [5, 5.41) is 0. The van der Waals surface area contributed by atoms with Crippen LogP contribution in [-0.2, 0) is 9.53 Å². The highest BCUT2D eigenvalue weighted by Crippen LogP contribution is 2.23. The minimum absolute atomic E-state index is 0.286. The van der Waals surface area contributed by atoms with E-state index in [1.807, 2.05) is 22.6 Å². The monoisotopic (exact) mass is 306 g/mol. The van der Waals surface area contributed by atoms with Crippen LogP contribution in [0.4, 0.5) is 5.82 Å². The Kier molecular flexibility index (Phi) is 4.12. The van der Waals surface area contributed by atoms with Crippen LogP contribution in [0.15, 0.2) is 18.2 Å². The van der Waals surface area contributed by atoms with Crippen LogP contribution in [0.25, 0.3) is 0 Å². The molecule has 0 bridgehead atoms. The lowest BCUT2D eigenvalue weighted by molar-refractivity contribution is -0.142. The van der Waals surface area contributed by atoms with Gasteiger partial charge in [-0.15, -0.1) is 0 Å². The highest BCUT2D eigenvalue weighted by Gasteiger charge is 2.19. The third kappa shape index (κ3) is 2.83. The highest BCUT2D eigenvalue weighted by molar-refractivity contribution is 14.1. The summed E-state index contributed by atoms with van der Waals surface area (Å²) < 4.78 is 4.48. The van der Waals surface area contributed by atoms with Gasteiger partial charge in [0.15, 0.2) is 3.92 Å². The number of halogens is 1. The Bertz CT molecular complexity index is 330. The van der Waals surface area contributed by atoms with E-state index in [0.29, 0.717) is 18.1 Å². The molecule has 1 aromatic rings. The SMILES string of the molecule is CCOC(=O)C(I)c1cccc(N)n1. The summed E-state index contributed by atoms with van der Waals surface area (Å²) in [5.74, 6) is 0.125. The molecule has 1 atom stereocenters. The van der Waals surface area contributed by atoms with Crippen LogP contribution in [0.2, 0.25) is 0 Å². The number of hydrogen-bond donors (Lipinski definition) is 1. The molecule has 0 aliphatic rings. The van der Waals surface area contributed by atoms with Crippen LogP contribution >= 0.6 is 22.6 Å². The van der Waals surface area contributed by atoms with Gasteiger partial charge < -0.3 is 10.5 Å². The summed E-state index contributed by atoms with van der Waals surface area (Å²) in [4.78, 5) is 15.4. The van der Waals surface area contributed by atoms with Crippen molar-refractivity contribution in [3.8, 4) is 0 Å². The van der Waals surface area contributed by atoms with Crippen molar-refractivity contribution in [1.29, 1.82) is 0 Å². The van der Waals surface area contributed by atoms with Gasteiger partial charge in [0, 0.05) is 0 Å². The predicted octanol–water partition coefficient (Wildman–Crippen LogP) is 1.70. The molecule has 5 heteroatoms. The molecule has 1 heterocycles. The van der Waals surface area contributed by atoms with Gasteiger partial charge in [-0.25, -0.2) is 4.98 Å². The number of nitrogens with zero attached hydrogens (tertiary/aromatic N) is 1. The Labute approximate surface area is 96.0 Å². The number of alkyl halides is 1. The number of ether oxygens (including phenoxy) is 1. The van der Waals surface area contributed by atoms with Gasteiger partial charge in [0.1, 0.15) is 5.82 Å². The molecule has 0 fully saturated rings. The Balaban J connectivity index is 2.78. The Morgan fingerprint density at radius 3 is 3.00 bits per heavy atom. The van der Waals surface area contributed by atoms with Gasteiger partial charge in [-0.1, -0.05) is 28.7 Å². The molecule has 1 unspecified atom stereocenters. The highest BCUT2D eigenvalue weighted by atomic mass is 127. The average molecular weight is 306 g/mol. The molecule has 0 saturated carbocycles. The molecular formula is C9H11IN2O2. The lowest BCUT2D eigenvalue weighted by atomic mass is 10.3. The number of carbonyl (C=O) groups is 1. The first-order valence-corrected chi connectivity index (χ1v) is 5.43. The van der Waals surface area contributed by atoms with E-state index < -0.39 is 3.92 Å². The predicted molar refractivity (Wildman–Crippen MR) is 62.0 cm³/mol. The molecule has 0 amide bonds. The van der Waals surface area contributed by atoms with E-state index in [1.165, 1.54) is 0 Å². The molecule has 1 rings (SSSR count). The van der Waals surface area contributed by atoms with Crippen LogP contribution in [0.1, 0.15) is 16.5 Å². The van der Waals surface area contributed by atoms with Crippen molar-refractivity contribution in [2.45, 2.75) is 10.8 Å². The molecule has 0 aliphatic carbocycles. The second kappa shape index (κ2) is 5.14. The quantitative estimate of drug-likeness (QED) is 0.524. The van der Waals surface area contributed by atoms with Crippen molar-refractivity contribution < 1.29 is 9.53 Å². The van der Waals surface area contributed by atoms with Crippen LogP contribution in [0, 0.1) is 0 Å². The number of pyridine rings is 1. The molecule has 2 N–H and O–H groups in total. The molecule has 0 aliphatic heterocycles. The smallest absolute Gasteiger partial charge is 0.325 e. The number of carbonyl (C=O) groups excluding carboxylic acids is 1. The Morgan fingerprint density at radius 1 is 1.71 bits per heavy atom. The fraction of sp³-hybridized carbons (Fsp3) is 0.333. The van der Waals surface area contributed by atoms with Gasteiger partial charge in [0.2, 0.25) is 0 Å². The molecule has 0 radical (unpaired) electrons. The zero-order chi connectivity index (χ0) is 10.6. The average Bonchev–Trinajstić information content (AvgIpc) is 2.17. The first kappa shape index (κ1) is 11.2. The summed E-state index contributed by atoms with van der Waals surface area (Å²) >= 11 is 1.98. The summed E-state index contributed by atoms with van der Waals surface area (Å²) in [5.41, 5.74) is 6.13. The number of anilines is 1. The van der Waals surface area contributed by atoms with Gasteiger partial charge in [0.05, 0.1) is 12.3 Å². The van der Waals surface area contributed by atoms with Gasteiger partial charge in [-0.2, -0.15) is 0 Å². The van der Waals surface area contributed by atoms with Crippen molar-refractivity contribution in [1.82, 2.24) is 4.98 Å². The Morgan fingerprint density at radius 2 is 2.43 bits per heavy atom. The van der Waals surface area contributed by atoms with Crippen molar-refractivity contribution in [3.05, 3.63) is 23.9 Å². The zero-order valence-electron chi connectivity index (χ0n) is 7.74. The largest absolute Gasteiger partial charge is 0.465 e. The van der Waals surface area contributed by atoms with E-state index in [4.69, 9.17) is 10.5 Å². The van der Waals surface area contributed by atoms with Gasteiger partial charge in [0.25, 0.3) is 0 Å². The third-order valence-electron chi connectivity index (χ3n) is 1.55. The minimum atomic E-state index is -0.393. The maximum Gasteiger partial charge on any atom is 0.325 e. The molecule has 0 saturated heterocycles. The first-order chi connectivity index (χ1) is 6.65. The summed E-state index contributed by atoms with van der Waals surface area (Å²) in [6, 6.07) is 5.20. The third-order valence-corrected chi connectivity index (χ3v) is 2.69. The van der Waals surface area contributed by atoms with Gasteiger partial charge in [-0.3, -0.25) is 4.79 Å². The Hall–Kier alpha value is -0.850. The molecule has 1 aromatic heterocycles. The van der Waals surface area contributed by atoms with Crippen molar-refractivity contribution in [2.24, 2.45) is 0 Å². The van der Waals surface area contributed by atoms with E-state index >= 15 is 0 Å². The fourth-order valence-electron chi connectivity index (χ4n) is 0.946. The number of esters is 1. The summed E-state index contributed by atoms with van der Waals surface area (Å²) in [6.45, 7) is 2.15. The molecule has 0 spiro atoms. The fourth-order valence-corrected chi connectivity index (χ4v) is 1.47. The number of aromatic nitrogens is 1. The van der Waals surface area contributed by atoms with Gasteiger partial charge in [-0.05, 0) is 19.1 Å². The maximum atomic E-state index is 11.3. The number of hydrogen-bond acceptors (Lipinski definition) is 4. The van der Waals surface area contributed by atoms with E-state index in [1.54, 1.807) is 25.1 Å². The second-order valence-electron chi connectivity index (χ2n) is 2.60. The topological polar surface area (TPSA) is 65.2 Å². The zero-order valence-corrected chi connectivity index (χ0v) is 9.89. The van der Waals surface area contributed by atoms with E-state index in [0.717, 1.165) is 0 Å². The van der Waals surface area contributed by atoms with Crippen LogP contribution in [0.5, 0.6) is 0 Å². The summed E-state index contributed by atoms with van der Waals surface area (Å²) in [7, 11) is 0. The number of rotatable bonds is 3. The minimum Gasteiger partial charge on any atom is -0.465 e. The van der Waals surface area contributed by atoms with E-state index in [-0.39, 0.29) is 5.97 Å². The second-order valence-corrected chi connectivity index (χ2v) is 3.85. The number of nitrogen functional groups attached to an aromatic ring is 1. The van der Waals surface area contributed by atoms with Crippen LogP contribution in [-0.4, -0.2) is 17.6 Å². The number of nitrogens with two attached hydrogens (primary N) is 1. The van der Waals surface area contributed by atoms with Crippen molar-refractivity contribution in [3.63, 3.8) is 0 Å². The van der Waals surface area contributed by atoms with E-state index in [2.05, 4.69) is 4.98 Å². The van der Waals surface area contributed by atoms with Crippen LogP contribution in [0.3, 0.4) is 0 Å². The molecule has 4 nitrogen and oxygen atoms in total. The lowest BCUT2D eigenvalue weighted by Gasteiger charge is -2.08. The lowest BCUT2D eigenvalue weighted by Crippen LogP contribution is -2.12.